The molecule has 0 spiro atoms. The van der Waals surface area contributed by atoms with Gasteiger partial charge in [-0.25, -0.2) is 0 Å². The highest BCUT2D eigenvalue weighted by Crippen LogP contribution is 2.46. The van der Waals surface area contributed by atoms with Crippen molar-refractivity contribution in [2.45, 2.75) is 0 Å². The van der Waals surface area contributed by atoms with E-state index in [4.69, 9.17) is 4.42 Å². The molecule has 0 saturated heterocycles. The highest BCUT2D eigenvalue weighted by Gasteiger charge is 2.21. The molecule has 3 heteroatoms. The summed E-state index contributed by atoms with van der Waals surface area (Å²) in [5, 5.41) is 7.21. The van der Waals surface area contributed by atoms with Crippen LogP contribution in [0.25, 0.3) is 93.6 Å². The van der Waals surface area contributed by atoms with E-state index in [0.29, 0.717) is 0 Å². The minimum absolute atomic E-state index is 0.880. The van der Waals surface area contributed by atoms with Gasteiger partial charge >= 0.3 is 0 Å². The van der Waals surface area contributed by atoms with Gasteiger partial charge in [0.25, 0.3) is 0 Å². The first-order chi connectivity index (χ1) is 30.3. The molecular formula is C58H38N2O. The van der Waals surface area contributed by atoms with Crippen LogP contribution in [-0.4, -0.2) is 4.57 Å². The Morgan fingerprint density at radius 1 is 0.344 bits per heavy atom. The lowest BCUT2D eigenvalue weighted by atomic mass is 9.95. The molecule has 0 amide bonds. The summed E-state index contributed by atoms with van der Waals surface area (Å²) in [7, 11) is 0. The summed E-state index contributed by atoms with van der Waals surface area (Å²) in [6, 6.07) is 83.0. The molecule has 12 aromatic rings. The summed E-state index contributed by atoms with van der Waals surface area (Å²) >= 11 is 0. The van der Waals surface area contributed by atoms with Crippen molar-refractivity contribution < 1.29 is 4.42 Å². The first-order valence-corrected chi connectivity index (χ1v) is 20.8. The predicted octanol–water partition coefficient (Wildman–Crippen LogP) is 16.3. The predicted molar refractivity (Wildman–Crippen MR) is 257 cm³/mol. The number of nitrogens with zero attached hydrogens (tertiary/aromatic N) is 2. The monoisotopic (exact) mass is 778 g/mol. The van der Waals surface area contributed by atoms with Crippen molar-refractivity contribution in [3.63, 3.8) is 0 Å². The molecule has 61 heavy (non-hydrogen) atoms. The smallest absolute Gasteiger partial charge is 0.136 e. The third kappa shape index (κ3) is 5.82. The Morgan fingerprint density at radius 2 is 0.934 bits per heavy atom. The van der Waals surface area contributed by atoms with Crippen LogP contribution in [0.1, 0.15) is 0 Å². The minimum atomic E-state index is 0.880. The maximum Gasteiger partial charge on any atom is 0.136 e. The molecule has 2 heterocycles. The van der Waals surface area contributed by atoms with E-state index in [2.05, 4.69) is 234 Å². The average molecular weight is 779 g/mol. The summed E-state index contributed by atoms with van der Waals surface area (Å²) in [4.78, 5) is 2.41. The fraction of sp³-hybridized carbons (Fsp3) is 0. The van der Waals surface area contributed by atoms with Crippen molar-refractivity contribution in [3.8, 4) is 39.1 Å². The Hall–Kier alpha value is -8.14. The van der Waals surface area contributed by atoms with Crippen LogP contribution in [0.2, 0.25) is 0 Å². The van der Waals surface area contributed by atoms with Gasteiger partial charge in [-0.05, 0) is 105 Å². The molecule has 0 aliphatic heterocycles. The number of aromatic nitrogens is 1. The molecule has 286 valence electrons. The topological polar surface area (TPSA) is 21.3 Å². The van der Waals surface area contributed by atoms with Crippen LogP contribution in [0.15, 0.2) is 235 Å². The first-order valence-electron chi connectivity index (χ1n) is 20.8. The molecule has 0 saturated carbocycles. The van der Waals surface area contributed by atoms with Crippen molar-refractivity contribution in [2.24, 2.45) is 0 Å². The van der Waals surface area contributed by atoms with Gasteiger partial charge in [0, 0.05) is 44.2 Å². The van der Waals surface area contributed by atoms with Crippen molar-refractivity contribution in [1.82, 2.24) is 4.57 Å². The number of hydrogen-bond acceptors (Lipinski definition) is 2. The summed E-state index contributed by atoms with van der Waals surface area (Å²) < 4.78 is 8.78. The van der Waals surface area contributed by atoms with Gasteiger partial charge in [0.1, 0.15) is 11.2 Å². The van der Waals surface area contributed by atoms with Crippen LogP contribution in [0.3, 0.4) is 0 Å². The second-order valence-corrected chi connectivity index (χ2v) is 15.7. The molecule has 12 rings (SSSR count). The summed E-state index contributed by atoms with van der Waals surface area (Å²) in [5.41, 5.74) is 15.5. The molecule has 0 aliphatic rings. The van der Waals surface area contributed by atoms with E-state index < -0.39 is 0 Å². The lowest BCUT2D eigenvalue weighted by molar-refractivity contribution is 0.669. The van der Waals surface area contributed by atoms with Crippen molar-refractivity contribution >= 4 is 71.6 Å². The quantitative estimate of drug-likeness (QED) is 0.161. The molecule has 0 atom stereocenters. The maximum absolute atomic E-state index is 6.40. The van der Waals surface area contributed by atoms with Gasteiger partial charge in [0.05, 0.1) is 16.7 Å². The van der Waals surface area contributed by atoms with E-state index in [1.54, 1.807) is 0 Å². The maximum atomic E-state index is 6.40. The fourth-order valence-corrected chi connectivity index (χ4v) is 9.44. The van der Waals surface area contributed by atoms with Gasteiger partial charge < -0.3 is 13.9 Å². The van der Waals surface area contributed by atoms with Gasteiger partial charge in [-0.1, -0.05) is 164 Å². The molecule has 0 aliphatic carbocycles. The fourth-order valence-electron chi connectivity index (χ4n) is 9.44. The van der Waals surface area contributed by atoms with Crippen LogP contribution < -0.4 is 4.90 Å². The molecule has 3 nitrogen and oxygen atoms in total. The summed E-state index contributed by atoms with van der Waals surface area (Å²) in [6.07, 6.45) is 0. The molecule has 0 radical (unpaired) electrons. The molecule has 0 N–H and O–H groups in total. The lowest BCUT2D eigenvalue weighted by Crippen LogP contribution is -2.11. The molecule has 10 aromatic carbocycles. The Balaban J connectivity index is 1.02. The Kier molecular flexibility index (Phi) is 8.17. The Morgan fingerprint density at radius 3 is 1.77 bits per heavy atom. The number of furan rings is 1. The van der Waals surface area contributed by atoms with Crippen molar-refractivity contribution in [1.29, 1.82) is 0 Å². The highest BCUT2D eigenvalue weighted by atomic mass is 16.3. The molecule has 0 bridgehead atoms. The van der Waals surface area contributed by atoms with Crippen molar-refractivity contribution in [3.05, 3.63) is 231 Å². The molecule has 0 fully saturated rings. The van der Waals surface area contributed by atoms with Gasteiger partial charge in [0.15, 0.2) is 0 Å². The normalized spacial score (nSPS) is 11.6. The molecule has 0 unspecified atom stereocenters. The van der Waals surface area contributed by atoms with Gasteiger partial charge in [-0.15, -0.1) is 0 Å². The van der Waals surface area contributed by atoms with E-state index in [-0.39, 0.29) is 0 Å². The average Bonchev–Trinajstić information content (AvgIpc) is 3.88. The number of rotatable bonds is 7. The Bertz CT molecular complexity index is 3550. The van der Waals surface area contributed by atoms with Gasteiger partial charge in [0.2, 0.25) is 0 Å². The first kappa shape index (κ1) is 34.9. The summed E-state index contributed by atoms with van der Waals surface area (Å²) in [6.45, 7) is 0. The standard InChI is InChI=1S/C58H38N2O/c1-2-21-46-40(15-1)16-13-26-47(46)42-18-12-19-44(38-42)59(53-28-7-5-24-50(53)51-27-14-32-57-58(51)52-25-6-10-31-56(52)61-57)43-35-33-39(34-36-43)41-17-11-20-45(37-41)60-54-29-8-3-22-48(54)49-23-4-9-30-55(49)60/h1-38H. The van der Waals surface area contributed by atoms with Crippen molar-refractivity contribution in [2.75, 3.05) is 4.90 Å². The number of hydrogen-bond donors (Lipinski definition) is 0. The zero-order chi connectivity index (χ0) is 40.3. The number of fused-ring (bicyclic) bond motifs is 7. The number of para-hydroxylation sites is 4. The van der Waals surface area contributed by atoms with E-state index in [9.17, 15) is 0 Å². The van der Waals surface area contributed by atoms with Gasteiger partial charge in [-0.2, -0.15) is 0 Å². The zero-order valence-corrected chi connectivity index (χ0v) is 33.2. The molecule has 2 aromatic heterocycles. The highest BCUT2D eigenvalue weighted by molar-refractivity contribution is 6.14. The van der Waals surface area contributed by atoms with Crippen LogP contribution in [0.4, 0.5) is 17.1 Å². The third-order valence-electron chi connectivity index (χ3n) is 12.2. The molecular weight excluding hydrogens is 741 g/mol. The van der Waals surface area contributed by atoms with Crippen LogP contribution in [0.5, 0.6) is 0 Å². The number of anilines is 3. The SMILES string of the molecule is c1cc(-c2cccc3ccccc23)cc(N(c2ccc(-c3cccc(-n4c5ccccc5c5ccccc54)c3)cc2)c2ccccc2-c2cccc3oc4ccccc4c23)c1. The lowest BCUT2D eigenvalue weighted by Gasteiger charge is -2.28. The van der Waals surface area contributed by atoms with Crippen LogP contribution in [-0.2, 0) is 0 Å². The second kappa shape index (κ2) is 14.3. The summed E-state index contributed by atoms with van der Waals surface area (Å²) in [5.74, 6) is 0. The second-order valence-electron chi connectivity index (χ2n) is 15.7. The van der Waals surface area contributed by atoms with E-state index >= 15 is 0 Å². The van der Waals surface area contributed by atoms with E-state index in [1.165, 1.54) is 43.7 Å². The van der Waals surface area contributed by atoms with E-state index in [0.717, 1.165) is 66.9 Å². The van der Waals surface area contributed by atoms with Crippen LogP contribution >= 0.6 is 0 Å². The Labute approximate surface area is 353 Å². The zero-order valence-electron chi connectivity index (χ0n) is 33.2. The minimum Gasteiger partial charge on any atom is -0.456 e. The van der Waals surface area contributed by atoms with Crippen LogP contribution in [0, 0.1) is 0 Å². The van der Waals surface area contributed by atoms with E-state index in [1.807, 2.05) is 6.07 Å². The van der Waals surface area contributed by atoms with Gasteiger partial charge in [-0.3, -0.25) is 0 Å². The largest absolute Gasteiger partial charge is 0.456 e. The third-order valence-corrected chi connectivity index (χ3v) is 12.2. The number of benzene rings is 10.